The summed E-state index contributed by atoms with van der Waals surface area (Å²) in [6.07, 6.45) is 4.32. The maximum Gasteiger partial charge on any atom is 0.254 e. The Morgan fingerprint density at radius 3 is 2.72 bits per heavy atom. The van der Waals surface area contributed by atoms with Gasteiger partial charge in [0.1, 0.15) is 0 Å². The number of phenols is 1. The van der Waals surface area contributed by atoms with Gasteiger partial charge in [0, 0.05) is 18.0 Å². The van der Waals surface area contributed by atoms with Crippen molar-refractivity contribution in [3.05, 3.63) is 59.7 Å². The quantitative estimate of drug-likeness (QED) is 0.810. The van der Waals surface area contributed by atoms with Crippen LogP contribution in [0.25, 0.3) is 0 Å². The van der Waals surface area contributed by atoms with Crippen molar-refractivity contribution in [2.24, 2.45) is 5.92 Å². The maximum absolute atomic E-state index is 13.4. The predicted molar refractivity (Wildman–Crippen MR) is 111 cm³/mol. The summed E-state index contributed by atoms with van der Waals surface area (Å²) in [4.78, 5) is 15.3. The molecule has 4 rings (SSSR count). The molecular weight excluding hydrogens is 366 g/mol. The molecule has 0 spiro atoms. The molecule has 0 aromatic heterocycles. The van der Waals surface area contributed by atoms with Crippen molar-refractivity contribution in [1.82, 2.24) is 4.90 Å². The third-order valence-corrected chi connectivity index (χ3v) is 6.47. The van der Waals surface area contributed by atoms with Crippen molar-refractivity contribution >= 4 is 5.91 Å². The molecule has 2 aromatic rings. The highest BCUT2D eigenvalue weighted by molar-refractivity contribution is 5.94. The predicted octanol–water partition coefficient (Wildman–Crippen LogP) is 4.30. The molecular formula is C24H29NO4. The molecule has 1 aliphatic carbocycles. The van der Waals surface area contributed by atoms with Gasteiger partial charge in [0.05, 0.1) is 18.2 Å². The third-order valence-electron chi connectivity index (χ3n) is 6.47. The van der Waals surface area contributed by atoms with Gasteiger partial charge >= 0.3 is 0 Å². The molecule has 0 bridgehead atoms. The molecule has 2 fully saturated rings. The molecule has 3 atom stereocenters. The van der Waals surface area contributed by atoms with Crippen LogP contribution in [0.1, 0.15) is 61.0 Å². The average molecular weight is 395 g/mol. The maximum atomic E-state index is 13.4. The standard InChI is InChI=1S/C24H29NO4/c1-2-29-21-16-18(11-12-20(21)26)22-19-10-6-7-13-24(19,28)14-15-25(22)23(27)17-8-4-3-5-9-17/h3-5,8-9,11-12,16,19,22,26,28H,2,6-7,10,13-15H2,1H3/t19-,22+,24+/m0/s1. The van der Waals surface area contributed by atoms with Crippen LogP contribution in [0.4, 0.5) is 0 Å². The fourth-order valence-corrected chi connectivity index (χ4v) is 5.05. The number of likely N-dealkylation sites (tertiary alicyclic amines) is 1. The molecule has 5 heteroatoms. The summed E-state index contributed by atoms with van der Waals surface area (Å²) in [6.45, 7) is 2.83. The lowest BCUT2D eigenvalue weighted by atomic mass is 9.66. The Morgan fingerprint density at radius 2 is 1.97 bits per heavy atom. The van der Waals surface area contributed by atoms with Gasteiger partial charge in [-0.1, -0.05) is 37.1 Å². The first-order valence-corrected chi connectivity index (χ1v) is 10.6. The smallest absolute Gasteiger partial charge is 0.254 e. The minimum absolute atomic E-state index is 0.0192. The van der Waals surface area contributed by atoms with Crippen LogP contribution >= 0.6 is 0 Å². The van der Waals surface area contributed by atoms with E-state index in [9.17, 15) is 15.0 Å². The van der Waals surface area contributed by atoms with Gasteiger partial charge in [0.2, 0.25) is 0 Å². The van der Waals surface area contributed by atoms with Crippen LogP contribution in [0.15, 0.2) is 48.5 Å². The van der Waals surface area contributed by atoms with E-state index in [1.807, 2.05) is 54.3 Å². The van der Waals surface area contributed by atoms with Crippen LogP contribution in [0.5, 0.6) is 11.5 Å². The molecule has 1 amide bonds. The zero-order valence-corrected chi connectivity index (χ0v) is 16.9. The highest BCUT2D eigenvalue weighted by Gasteiger charge is 2.50. The van der Waals surface area contributed by atoms with Crippen LogP contribution in [0.2, 0.25) is 0 Å². The molecule has 154 valence electrons. The zero-order valence-electron chi connectivity index (χ0n) is 16.9. The van der Waals surface area contributed by atoms with E-state index in [4.69, 9.17) is 4.74 Å². The number of fused-ring (bicyclic) bond motifs is 1. The molecule has 1 saturated heterocycles. The lowest BCUT2D eigenvalue weighted by molar-refractivity contribution is -0.115. The number of nitrogens with zero attached hydrogens (tertiary/aromatic N) is 1. The highest BCUT2D eigenvalue weighted by atomic mass is 16.5. The lowest BCUT2D eigenvalue weighted by Crippen LogP contribution is -2.56. The van der Waals surface area contributed by atoms with Crippen molar-refractivity contribution < 1.29 is 19.7 Å². The van der Waals surface area contributed by atoms with E-state index in [0.717, 1.165) is 31.2 Å². The van der Waals surface area contributed by atoms with Gasteiger partial charge in [-0.05, 0) is 56.0 Å². The zero-order chi connectivity index (χ0) is 20.4. The Balaban J connectivity index is 1.77. The second-order valence-electron chi connectivity index (χ2n) is 8.18. The van der Waals surface area contributed by atoms with E-state index >= 15 is 0 Å². The normalized spacial score (nSPS) is 26.6. The Kier molecular flexibility index (Phi) is 5.50. The minimum Gasteiger partial charge on any atom is -0.504 e. The van der Waals surface area contributed by atoms with Crippen LogP contribution < -0.4 is 4.74 Å². The first kappa shape index (κ1) is 19.8. The number of carbonyl (C=O) groups is 1. The van der Waals surface area contributed by atoms with E-state index < -0.39 is 5.60 Å². The third kappa shape index (κ3) is 3.71. The summed E-state index contributed by atoms with van der Waals surface area (Å²) in [7, 11) is 0. The van der Waals surface area contributed by atoms with Gasteiger partial charge in [-0.3, -0.25) is 4.79 Å². The number of rotatable bonds is 4. The number of ether oxygens (including phenoxy) is 1. The monoisotopic (exact) mass is 395 g/mol. The number of aliphatic hydroxyl groups is 1. The van der Waals surface area contributed by atoms with Gasteiger partial charge in [0.15, 0.2) is 11.5 Å². The van der Waals surface area contributed by atoms with Crippen LogP contribution in [-0.4, -0.2) is 39.8 Å². The van der Waals surface area contributed by atoms with E-state index in [-0.39, 0.29) is 23.6 Å². The van der Waals surface area contributed by atoms with Crippen molar-refractivity contribution in [1.29, 1.82) is 0 Å². The molecule has 0 radical (unpaired) electrons. The SMILES string of the molecule is CCOc1cc([C@@H]2[C@@H]3CCCC[C@@]3(O)CCN2C(=O)c2ccccc2)ccc1O. The second kappa shape index (κ2) is 8.07. The number of aromatic hydroxyl groups is 1. The van der Waals surface area contributed by atoms with Gasteiger partial charge in [0.25, 0.3) is 5.91 Å². The van der Waals surface area contributed by atoms with Crippen molar-refractivity contribution in [3.63, 3.8) is 0 Å². The fourth-order valence-electron chi connectivity index (χ4n) is 5.05. The molecule has 2 aromatic carbocycles. The minimum atomic E-state index is -0.750. The number of piperidine rings is 1. The largest absolute Gasteiger partial charge is 0.504 e. The summed E-state index contributed by atoms with van der Waals surface area (Å²) < 4.78 is 5.59. The van der Waals surface area contributed by atoms with Gasteiger partial charge < -0.3 is 19.8 Å². The Labute approximate surface area is 171 Å². The number of hydrogen-bond donors (Lipinski definition) is 2. The van der Waals surface area contributed by atoms with E-state index in [0.29, 0.717) is 30.9 Å². The summed E-state index contributed by atoms with van der Waals surface area (Å²) in [5, 5.41) is 21.5. The van der Waals surface area contributed by atoms with Crippen LogP contribution in [0, 0.1) is 5.92 Å². The van der Waals surface area contributed by atoms with E-state index in [2.05, 4.69) is 0 Å². The molecule has 5 nitrogen and oxygen atoms in total. The van der Waals surface area contributed by atoms with Crippen LogP contribution in [-0.2, 0) is 0 Å². The van der Waals surface area contributed by atoms with Crippen molar-refractivity contribution in [2.75, 3.05) is 13.2 Å². The second-order valence-corrected chi connectivity index (χ2v) is 8.18. The Morgan fingerprint density at radius 1 is 1.17 bits per heavy atom. The highest BCUT2D eigenvalue weighted by Crippen LogP contribution is 2.50. The number of hydrogen-bond acceptors (Lipinski definition) is 4. The number of phenolic OH excluding ortho intramolecular Hbond substituents is 1. The van der Waals surface area contributed by atoms with Gasteiger partial charge in [-0.15, -0.1) is 0 Å². The molecule has 1 aliphatic heterocycles. The van der Waals surface area contributed by atoms with E-state index in [1.165, 1.54) is 0 Å². The van der Waals surface area contributed by atoms with Gasteiger partial charge in [-0.2, -0.15) is 0 Å². The lowest BCUT2D eigenvalue weighted by Gasteiger charge is -2.52. The summed E-state index contributed by atoms with van der Waals surface area (Å²) >= 11 is 0. The van der Waals surface area contributed by atoms with Crippen LogP contribution in [0.3, 0.4) is 0 Å². The number of amides is 1. The summed E-state index contributed by atoms with van der Waals surface area (Å²) in [5.41, 5.74) is 0.808. The Hall–Kier alpha value is -2.53. The van der Waals surface area contributed by atoms with Gasteiger partial charge in [-0.25, -0.2) is 0 Å². The fraction of sp³-hybridized carbons (Fsp3) is 0.458. The first-order chi connectivity index (χ1) is 14.0. The first-order valence-electron chi connectivity index (χ1n) is 10.6. The molecule has 1 saturated carbocycles. The Bertz CT molecular complexity index is 868. The number of carbonyl (C=O) groups excluding carboxylic acids is 1. The topological polar surface area (TPSA) is 70.0 Å². The molecule has 29 heavy (non-hydrogen) atoms. The molecule has 1 heterocycles. The summed E-state index contributed by atoms with van der Waals surface area (Å²) in [5.74, 6) is 0.458. The molecule has 0 unspecified atom stereocenters. The molecule has 2 aliphatic rings. The molecule has 2 N–H and O–H groups in total. The van der Waals surface area contributed by atoms with Crippen molar-refractivity contribution in [3.8, 4) is 11.5 Å². The average Bonchev–Trinajstić information content (AvgIpc) is 2.74. The van der Waals surface area contributed by atoms with Crippen molar-refractivity contribution in [2.45, 2.75) is 50.7 Å². The number of benzene rings is 2. The van der Waals surface area contributed by atoms with E-state index in [1.54, 1.807) is 6.07 Å². The summed E-state index contributed by atoms with van der Waals surface area (Å²) in [6, 6.07) is 14.4.